The molecule has 1 fully saturated rings. The van der Waals surface area contributed by atoms with Gasteiger partial charge in [0.1, 0.15) is 5.56 Å². The van der Waals surface area contributed by atoms with Gasteiger partial charge in [-0.05, 0) is 54.5 Å². The molecule has 1 unspecified atom stereocenters. The minimum Gasteiger partial charge on any atom is -0.475 e. The number of nitrogens with two attached hydrogens (primary N) is 1. The molecule has 40 heavy (non-hydrogen) atoms. The molecule has 5 aromatic rings. The number of nitrogens with one attached hydrogen (secondary N) is 1. The van der Waals surface area contributed by atoms with Crippen molar-refractivity contribution >= 4 is 28.9 Å². The molecule has 1 aliphatic rings. The summed E-state index contributed by atoms with van der Waals surface area (Å²) in [5, 5.41) is 14.5. The fourth-order valence-corrected chi connectivity index (χ4v) is 4.56. The van der Waals surface area contributed by atoms with Crippen LogP contribution in [0.25, 0.3) is 22.4 Å². The average molecular weight is 552 g/mol. The van der Waals surface area contributed by atoms with E-state index in [1.807, 2.05) is 37.6 Å². The lowest BCUT2D eigenvalue weighted by Crippen LogP contribution is -2.28. The van der Waals surface area contributed by atoms with Crippen molar-refractivity contribution in [2.75, 3.05) is 5.73 Å². The van der Waals surface area contributed by atoms with Crippen LogP contribution in [-0.4, -0.2) is 47.1 Å². The lowest BCUT2D eigenvalue weighted by molar-refractivity contribution is -0.192. The molecule has 10 nitrogen and oxygen atoms in total. The third-order valence-corrected chi connectivity index (χ3v) is 6.53. The van der Waals surface area contributed by atoms with Crippen LogP contribution < -0.4 is 11.1 Å². The van der Waals surface area contributed by atoms with E-state index in [2.05, 4.69) is 43.0 Å². The number of hydrogen-bond donors (Lipinski definition) is 3. The number of halogens is 3. The third kappa shape index (κ3) is 5.17. The number of hydrogen-bond acceptors (Lipinski definition) is 6. The number of amides is 1. The number of rotatable bonds is 5. The SMILES string of the molecule is CC(NC(=O)c1c(N)nn2cccnc12)c1cc(C2CC2)c2cncn2c1-c1ccccc1.O=C(O)C(F)(F)F. The number of aliphatic carboxylic acids is 1. The molecule has 0 bridgehead atoms. The molecule has 1 amide bonds. The highest BCUT2D eigenvalue weighted by atomic mass is 19.4. The number of nitrogens with zero attached hydrogens (tertiary/aromatic N) is 5. The normalized spacial score (nSPS) is 14.0. The maximum atomic E-state index is 13.3. The smallest absolute Gasteiger partial charge is 0.475 e. The number of anilines is 1. The summed E-state index contributed by atoms with van der Waals surface area (Å²) in [7, 11) is 0. The highest BCUT2D eigenvalue weighted by molar-refractivity contribution is 6.04. The first-order chi connectivity index (χ1) is 19.1. The van der Waals surface area contributed by atoms with Crippen LogP contribution in [0.15, 0.2) is 67.4 Å². The summed E-state index contributed by atoms with van der Waals surface area (Å²) >= 11 is 0. The van der Waals surface area contributed by atoms with Gasteiger partial charge in [-0.3, -0.25) is 9.20 Å². The molecule has 4 heterocycles. The van der Waals surface area contributed by atoms with E-state index >= 15 is 0 Å². The minimum absolute atomic E-state index is 0.158. The highest BCUT2D eigenvalue weighted by Crippen LogP contribution is 2.44. The zero-order valence-corrected chi connectivity index (χ0v) is 21.1. The Morgan fingerprint density at radius 3 is 2.52 bits per heavy atom. The largest absolute Gasteiger partial charge is 0.490 e. The average Bonchev–Trinajstić information content (AvgIpc) is 3.54. The Morgan fingerprint density at radius 2 is 1.88 bits per heavy atom. The number of pyridine rings is 1. The number of aromatic nitrogens is 5. The van der Waals surface area contributed by atoms with Crippen LogP contribution in [-0.2, 0) is 4.79 Å². The van der Waals surface area contributed by atoms with Crippen molar-refractivity contribution < 1.29 is 27.9 Å². The molecule has 0 saturated heterocycles. The summed E-state index contributed by atoms with van der Waals surface area (Å²) in [5.41, 5.74) is 12.3. The van der Waals surface area contributed by atoms with E-state index in [4.69, 9.17) is 15.6 Å². The third-order valence-electron chi connectivity index (χ3n) is 6.53. The van der Waals surface area contributed by atoms with Crippen molar-refractivity contribution in [1.82, 2.24) is 29.3 Å². The zero-order valence-electron chi connectivity index (χ0n) is 21.1. The van der Waals surface area contributed by atoms with Crippen molar-refractivity contribution in [1.29, 1.82) is 0 Å². The summed E-state index contributed by atoms with van der Waals surface area (Å²) in [4.78, 5) is 31.0. The first-order valence-electron chi connectivity index (χ1n) is 12.3. The van der Waals surface area contributed by atoms with Crippen LogP contribution >= 0.6 is 0 Å². The molecule has 1 aromatic carbocycles. The van der Waals surface area contributed by atoms with Gasteiger partial charge in [0.15, 0.2) is 11.5 Å². The number of fused-ring (bicyclic) bond motifs is 2. The number of alkyl halides is 3. The van der Waals surface area contributed by atoms with E-state index in [-0.39, 0.29) is 23.3 Å². The van der Waals surface area contributed by atoms with Gasteiger partial charge in [-0.25, -0.2) is 19.3 Å². The van der Waals surface area contributed by atoms with Crippen LogP contribution in [0, 0.1) is 0 Å². The fraction of sp³-hybridized carbons (Fsp3) is 0.222. The van der Waals surface area contributed by atoms with Gasteiger partial charge in [-0.15, -0.1) is 5.10 Å². The molecule has 1 aliphatic carbocycles. The quantitative estimate of drug-likeness (QED) is 0.289. The topological polar surface area (TPSA) is 140 Å². The lowest BCUT2D eigenvalue weighted by Gasteiger charge is -2.21. The molecule has 4 aromatic heterocycles. The van der Waals surface area contributed by atoms with Crippen molar-refractivity contribution in [3.05, 3.63) is 84.1 Å². The summed E-state index contributed by atoms with van der Waals surface area (Å²) in [6.45, 7) is 1.99. The van der Waals surface area contributed by atoms with Gasteiger partial charge >= 0.3 is 12.1 Å². The van der Waals surface area contributed by atoms with E-state index in [0.717, 1.165) is 22.3 Å². The second kappa shape index (κ2) is 10.3. The van der Waals surface area contributed by atoms with Crippen LogP contribution in [0.1, 0.15) is 53.2 Å². The van der Waals surface area contributed by atoms with E-state index in [1.165, 1.54) is 22.9 Å². The van der Waals surface area contributed by atoms with Crippen molar-refractivity contribution in [3.63, 3.8) is 0 Å². The Morgan fingerprint density at radius 1 is 1.18 bits per heavy atom. The molecule has 1 atom stereocenters. The number of nitrogen functional groups attached to an aromatic ring is 1. The van der Waals surface area contributed by atoms with Gasteiger partial charge in [-0.2, -0.15) is 13.2 Å². The second-order valence-corrected chi connectivity index (χ2v) is 9.34. The van der Waals surface area contributed by atoms with Gasteiger partial charge in [0, 0.05) is 12.4 Å². The molecule has 1 saturated carbocycles. The molecule has 0 radical (unpaired) electrons. The molecular weight excluding hydrogens is 527 g/mol. The Hall–Kier alpha value is -4.94. The standard InChI is InChI=1S/C25H23N7O.C2HF3O2/c1-15(29-25(33)21-23(26)30-32-11-5-10-28-24(21)32)18-12-19(16-8-9-16)20-13-27-14-31(20)22(18)17-6-3-2-4-7-17;3-2(4,5)1(6)7/h2-7,10-16H,8-9H2,1H3,(H2,26,30)(H,29,33);(H,6,7). The van der Waals surface area contributed by atoms with Crippen molar-refractivity contribution in [2.24, 2.45) is 0 Å². The summed E-state index contributed by atoms with van der Waals surface area (Å²) < 4.78 is 35.4. The summed E-state index contributed by atoms with van der Waals surface area (Å²) in [6, 6.07) is 13.9. The van der Waals surface area contributed by atoms with Gasteiger partial charge in [-0.1, -0.05) is 30.3 Å². The Balaban J connectivity index is 0.000000411. The first kappa shape index (κ1) is 26.7. The number of carbonyl (C=O) groups is 2. The van der Waals surface area contributed by atoms with Crippen LogP contribution in [0.3, 0.4) is 0 Å². The molecule has 0 spiro atoms. The highest BCUT2D eigenvalue weighted by Gasteiger charge is 2.38. The second-order valence-electron chi connectivity index (χ2n) is 9.34. The van der Waals surface area contributed by atoms with Crippen LogP contribution in [0.2, 0.25) is 0 Å². The Labute approximate surface area is 225 Å². The molecule has 206 valence electrons. The van der Waals surface area contributed by atoms with Gasteiger partial charge in [0.2, 0.25) is 0 Å². The predicted molar refractivity (Wildman–Crippen MR) is 140 cm³/mol. The van der Waals surface area contributed by atoms with Crippen molar-refractivity contribution in [3.8, 4) is 11.3 Å². The van der Waals surface area contributed by atoms with E-state index < -0.39 is 12.1 Å². The van der Waals surface area contributed by atoms with Gasteiger partial charge in [0.05, 0.1) is 29.8 Å². The summed E-state index contributed by atoms with van der Waals surface area (Å²) in [6.07, 6.45) is 4.40. The zero-order chi connectivity index (χ0) is 28.6. The number of carbonyl (C=O) groups excluding carboxylic acids is 1. The first-order valence-corrected chi connectivity index (χ1v) is 12.3. The number of imidazole rings is 1. The molecule has 13 heteroatoms. The summed E-state index contributed by atoms with van der Waals surface area (Å²) in [5.74, 6) is -2.36. The molecule has 0 aliphatic heterocycles. The Bertz CT molecular complexity index is 1710. The van der Waals surface area contributed by atoms with Gasteiger partial charge in [0.25, 0.3) is 5.91 Å². The van der Waals surface area contributed by atoms with E-state index in [9.17, 15) is 18.0 Å². The maximum absolute atomic E-state index is 13.3. The number of benzene rings is 1. The van der Waals surface area contributed by atoms with E-state index in [1.54, 1.807) is 18.5 Å². The molecule has 4 N–H and O–H groups in total. The Kier molecular flexibility index (Phi) is 6.88. The minimum atomic E-state index is -5.08. The monoisotopic (exact) mass is 551 g/mol. The van der Waals surface area contributed by atoms with Crippen molar-refractivity contribution in [2.45, 2.75) is 37.9 Å². The lowest BCUT2D eigenvalue weighted by atomic mass is 9.96. The fourth-order valence-electron chi connectivity index (χ4n) is 4.56. The van der Waals surface area contributed by atoms with Crippen LogP contribution in [0.4, 0.5) is 19.0 Å². The van der Waals surface area contributed by atoms with E-state index in [0.29, 0.717) is 11.6 Å². The molecule has 6 rings (SSSR count). The van der Waals surface area contributed by atoms with Crippen LogP contribution in [0.5, 0.6) is 0 Å². The predicted octanol–water partition coefficient (Wildman–Crippen LogP) is 4.63. The number of carboxylic acids is 1. The molecular formula is C27H24F3N7O3. The van der Waals surface area contributed by atoms with Gasteiger partial charge < -0.3 is 16.2 Å². The number of carboxylic acid groups (broad SMARTS) is 1. The maximum Gasteiger partial charge on any atom is 0.490 e.